The molecule has 5 heteroatoms. The van der Waals surface area contributed by atoms with Crippen LogP contribution in [0.1, 0.15) is 42.4 Å². The number of fused-ring (bicyclic) bond motifs is 1. The van der Waals surface area contributed by atoms with E-state index in [1.807, 2.05) is 36.4 Å². The quantitative estimate of drug-likeness (QED) is 0.546. The van der Waals surface area contributed by atoms with Crippen LogP contribution in [0.15, 0.2) is 60.2 Å². The first-order valence-electron chi connectivity index (χ1n) is 13.2. The van der Waals surface area contributed by atoms with Gasteiger partial charge < -0.3 is 14.9 Å². The summed E-state index contributed by atoms with van der Waals surface area (Å²) in [4.78, 5) is 16.6. The molecular formula is C31H29NO4. The third kappa shape index (κ3) is 2.55. The summed E-state index contributed by atoms with van der Waals surface area (Å²) < 4.78 is 6.35. The van der Waals surface area contributed by atoms with Crippen LogP contribution in [-0.4, -0.2) is 51.7 Å². The second-order valence-corrected chi connectivity index (χ2v) is 11.5. The summed E-state index contributed by atoms with van der Waals surface area (Å²) >= 11 is 0. The van der Waals surface area contributed by atoms with Crippen molar-refractivity contribution in [1.29, 1.82) is 0 Å². The van der Waals surface area contributed by atoms with Gasteiger partial charge in [0.15, 0.2) is 23.4 Å². The Morgan fingerprint density at radius 3 is 2.78 bits per heavy atom. The van der Waals surface area contributed by atoms with Crippen molar-refractivity contribution in [3.8, 4) is 11.5 Å². The van der Waals surface area contributed by atoms with Crippen LogP contribution in [0.2, 0.25) is 0 Å². The standard InChI is InChI=1S/C31H29NO4/c33-24-11-10-21-15-25-31(35)16-22(14-20-6-3-5-19-4-1-2-7-23(19)20)27(34)29-30(31,26(21)28(24)36-29)12-13-32(25)17-18-8-9-18/h1-7,10-11,14,18,25,29,33,35H,8-9,12-13,15-17H2/b22-14-/t25?,29?,30?,31-/m1/s1. The molecule has 3 fully saturated rings. The Labute approximate surface area is 210 Å². The number of phenolic OH excluding ortho intramolecular Hbond substituents is 1. The highest BCUT2D eigenvalue weighted by molar-refractivity contribution is 6.08. The zero-order valence-corrected chi connectivity index (χ0v) is 20.1. The lowest BCUT2D eigenvalue weighted by Crippen LogP contribution is -2.77. The van der Waals surface area contributed by atoms with Crippen molar-refractivity contribution in [3.63, 3.8) is 0 Å². The van der Waals surface area contributed by atoms with E-state index in [2.05, 4.69) is 23.1 Å². The Kier molecular flexibility index (Phi) is 4.07. The summed E-state index contributed by atoms with van der Waals surface area (Å²) in [5.41, 5.74) is 1.63. The molecule has 5 aliphatic rings. The highest BCUT2D eigenvalue weighted by Crippen LogP contribution is 2.65. The van der Waals surface area contributed by atoms with Crippen molar-refractivity contribution < 1.29 is 19.7 Å². The third-order valence-corrected chi connectivity index (χ3v) is 9.68. The van der Waals surface area contributed by atoms with E-state index >= 15 is 0 Å². The van der Waals surface area contributed by atoms with Crippen LogP contribution >= 0.6 is 0 Å². The Morgan fingerprint density at radius 1 is 1.08 bits per heavy atom. The minimum Gasteiger partial charge on any atom is -0.504 e. The fourth-order valence-electron chi connectivity index (χ4n) is 7.87. The van der Waals surface area contributed by atoms with Gasteiger partial charge in [-0.2, -0.15) is 0 Å². The molecule has 5 nitrogen and oxygen atoms in total. The monoisotopic (exact) mass is 479 g/mol. The van der Waals surface area contributed by atoms with Crippen LogP contribution in [0, 0.1) is 5.92 Å². The van der Waals surface area contributed by atoms with Crippen molar-refractivity contribution >= 4 is 22.6 Å². The molecule has 0 aromatic heterocycles. The Morgan fingerprint density at radius 2 is 1.92 bits per heavy atom. The van der Waals surface area contributed by atoms with E-state index in [0.29, 0.717) is 36.5 Å². The fourth-order valence-corrected chi connectivity index (χ4v) is 7.87. The van der Waals surface area contributed by atoms with Gasteiger partial charge >= 0.3 is 0 Å². The molecule has 0 amide bonds. The number of Topliss-reactive ketones (excluding diaryl/α,β-unsaturated/α-hetero) is 1. The minimum atomic E-state index is -1.14. The number of likely N-dealkylation sites (tertiary alicyclic amines) is 1. The second-order valence-electron chi connectivity index (χ2n) is 11.5. The molecule has 3 aromatic carbocycles. The number of carbonyl (C=O) groups excluding carboxylic acids is 1. The van der Waals surface area contributed by atoms with E-state index in [1.54, 1.807) is 6.07 Å². The molecule has 2 bridgehead atoms. The van der Waals surface area contributed by atoms with Gasteiger partial charge in [-0.3, -0.25) is 9.69 Å². The predicted octanol–water partition coefficient (Wildman–Crippen LogP) is 4.37. The summed E-state index contributed by atoms with van der Waals surface area (Å²) in [6.07, 6.45) is 5.35. The molecule has 1 saturated heterocycles. The van der Waals surface area contributed by atoms with Crippen LogP contribution < -0.4 is 4.74 Å². The summed E-state index contributed by atoms with van der Waals surface area (Å²) in [5, 5.41) is 25.7. The summed E-state index contributed by atoms with van der Waals surface area (Å²) in [6, 6.07) is 17.9. The Hall–Kier alpha value is -3.15. The number of benzene rings is 3. The van der Waals surface area contributed by atoms with Crippen LogP contribution in [0.4, 0.5) is 0 Å². The summed E-state index contributed by atoms with van der Waals surface area (Å²) in [6.45, 7) is 1.85. The Balaban J connectivity index is 1.32. The molecule has 1 spiro atoms. The zero-order chi connectivity index (χ0) is 24.2. The van der Waals surface area contributed by atoms with Gasteiger partial charge in [0.25, 0.3) is 0 Å². The van der Waals surface area contributed by atoms with Crippen molar-refractivity contribution in [1.82, 2.24) is 4.90 Å². The minimum absolute atomic E-state index is 0.0612. The van der Waals surface area contributed by atoms with Gasteiger partial charge in [0, 0.05) is 30.1 Å². The molecule has 2 saturated carbocycles. The average Bonchev–Trinajstić information content (AvgIpc) is 3.62. The molecule has 3 aromatic rings. The van der Waals surface area contributed by atoms with Gasteiger partial charge in [0.1, 0.15) is 0 Å². The van der Waals surface area contributed by atoms with E-state index < -0.39 is 17.1 Å². The maximum atomic E-state index is 14.1. The number of ketones is 1. The summed E-state index contributed by atoms with van der Waals surface area (Å²) in [5.74, 6) is 1.12. The number of ether oxygens (including phenoxy) is 1. The van der Waals surface area contributed by atoms with E-state index in [9.17, 15) is 15.0 Å². The number of nitrogens with zero attached hydrogens (tertiary/aromatic N) is 1. The van der Waals surface area contributed by atoms with E-state index in [4.69, 9.17) is 4.74 Å². The smallest absolute Gasteiger partial charge is 0.200 e. The first kappa shape index (κ1) is 21.0. The average molecular weight is 480 g/mol. The fraction of sp³-hybridized carbons (Fsp3) is 0.387. The number of rotatable bonds is 3. The zero-order valence-electron chi connectivity index (χ0n) is 20.1. The first-order chi connectivity index (χ1) is 17.5. The molecule has 36 heavy (non-hydrogen) atoms. The van der Waals surface area contributed by atoms with Gasteiger partial charge in [-0.25, -0.2) is 0 Å². The number of piperidine rings is 1. The normalized spacial score (nSPS) is 33.6. The van der Waals surface area contributed by atoms with Crippen molar-refractivity contribution in [2.45, 2.75) is 55.3 Å². The largest absolute Gasteiger partial charge is 0.504 e. The van der Waals surface area contributed by atoms with Crippen molar-refractivity contribution in [2.24, 2.45) is 5.92 Å². The lowest BCUT2D eigenvalue weighted by Gasteiger charge is -2.62. The van der Waals surface area contributed by atoms with Crippen molar-refractivity contribution in [2.75, 3.05) is 13.1 Å². The molecule has 3 unspecified atom stereocenters. The lowest BCUT2D eigenvalue weighted by atomic mass is 9.48. The molecule has 0 radical (unpaired) electrons. The van der Waals surface area contributed by atoms with Crippen LogP contribution in [0.25, 0.3) is 16.8 Å². The van der Waals surface area contributed by atoms with Gasteiger partial charge in [0.05, 0.1) is 11.0 Å². The number of aromatic hydroxyl groups is 1. The lowest BCUT2D eigenvalue weighted by molar-refractivity contribution is -0.179. The van der Waals surface area contributed by atoms with Gasteiger partial charge in [-0.05, 0) is 72.2 Å². The number of aliphatic hydroxyl groups is 1. The maximum absolute atomic E-state index is 14.1. The van der Waals surface area contributed by atoms with E-state index in [-0.39, 0.29) is 17.6 Å². The molecule has 8 rings (SSSR count). The highest BCUT2D eigenvalue weighted by Gasteiger charge is 2.74. The topological polar surface area (TPSA) is 70.0 Å². The summed E-state index contributed by atoms with van der Waals surface area (Å²) in [7, 11) is 0. The van der Waals surface area contributed by atoms with E-state index in [0.717, 1.165) is 40.6 Å². The van der Waals surface area contributed by atoms with Gasteiger partial charge in [-0.1, -0.05) is 48.5 Å². The first-order valence-corrected chi connectivity index (χ1v) is 13.2. The molecule has 4 atom stereocenters. The molecular weight excluding hydrogens is 450 g/mol. The predicted molar refractivity (Wildman–Crippen MR) is 137 cm³/mol. The number of phenols is 1. The highest BCUT2D eigenvalue weighted by atomic mass is 16.5. The van der Waals surface area contributed by atoms with Crippen LogP contribution in [0.5, 0.6) is 11.5 Å². The Bertz CT molecular complexity index is 1480. The maximum Gasteiger partial charge on any atom is 0.200 e. The van der Waals surface area contributed by atoms with Crippen molar-refractivity contribution in [3.05, 3.63) is 76.9 Å². The molecule has 2 aliphatic heterocycles. The van der Waals surface area contributed by atoms with Gasteiger partial charge in [0.2, 0.25) is 0 Å². The number of hydrogen-bond donors (Lipinski definition) is 2. The number of hydrogen-bond acceptors (Lipinski definition) is 5. The van der Waals surface area contributed by atoms with E-state index in [1.165, 1.54) is 12.8 Å². The van der Waals surface area contributed by atoms with Crippen LogP contribution in [-0.2, 0) is 16.6 Å². The SMILES string of the molecule is O=C1/C(=C\c2cccc3ccccc23)C[C@@]2(O)C3Cc4ccc(O)c5c4C2(CCN3CC2CC2)C1O5. The molecule has 182 valence electrons. The second kappa shape index (κ2) is 6.99. The third-order valence-electron chi connectivity index (χ3n) is 9.68. The number of carbonyl (C=O) groups is 1. The molecule has 3 aliphatic carbocycles. The molecule has 2 heterocycles. The molecule has 2 N–H and O–H groups in total. The van der Waals surface area contributed by atoms with Gasteiger partial charge in [-0.15, -0.1) is 0 Å². The van der Waals surface area contributed by atoms with Crippen LogP contribution in [0.3, 0.4) is 0 Å².